The van der Waals surface area contributed by atoms with Crippen molar-refractivity contribution in [1.82, 2.24) is 25.1 Å². The summed E-state index contributed by atoms with van der Waals surface area (Å²) in [5.41, 5.74) is 3.88. The number of methoxy groups -OCH3 is 1. The fourth-order valence-corrected chi connectivity index (χ4v) is 3.58. The van der Waals surface area contributed by atoms with E-state index in [1.807, 2.05) is 18.3 Å². The fourth-order valence-electron chi connectivity index (χ4n) is 3.58. The summed E-state index contributed by atoms with van der Waals surface area (Å²) >= 11 is 0. The summed E-state index contributed by atoms with van der Waals surface area (Å²) in [7, 11) is 1.68. The molecule has 5 rings (SSSR count). The Labute approximate surface area is 153 Å². The molecular weight excluding hydrogens is 344 g/mol. The summed E-state index contributed by atoms with van der Waals surface area (Å²) < 4.78 is 5.36. The Morgan fingerprint density at radius 2 is 2.19 bits per heavy atom. The van der Waals surface area contributed by atoms with Crippen LogP contribution in [0.3, 0.4) is 0 Å². The number of fused-ring (bicyclic) bond motifs is 2. The van der Waals surface area contributed by atoms with E-state index < -0.39 is 0 Å². The number of H-pyrrole nitrogens is 3. The van der Waals surface area contributed by atoms with Crippen molar-refractivity contribution < 1.29 is 4.74 Å². The summed E-state index contributed by atoms with van der Waals surface area (Å²) in [6.07, 6.45) is 6.57. The number of hydrogen-bond donors (Lipinski definition) is 3. The lowest BCUT2D eigenvalue weighted by atomic mass is 9.99. The van der Waals surface area contributed by atoms with Crippen molar-refractivity contribution in [2.45, 2.75) is 6.42 Å². The minimum atomic E-state index is -0.178. The van der Waals surface area contributed by atoms with Gasteiger partial charge in [0.05, 0.1) is 13.3 Å². The monoisotopic (exact) mass is 362 g/mol. The third kappa shape index (κ3) is 2.57. The van der Waals surface area contributed by atoms with Gasteiger partial charge in [-0.1, -0.05) is 6.08 Å². The molecule has 8 heteroatoms. The molecular formula is C19H18N6O2. The maximum absolute atomic E-state index is 12.1. The maximum Gasteiger partial charge on any atom is 0.263 e. The van der Waals surface area contributed by atoms with Crippen molar-refractivity contribution in [2.24, 2.45) is 0 Å². The largest absolute Gasteiger partial charge is 0.497 e. The lowest BCUT2D eigenvalue weighted by Gasteiger charge is -2.26. The zero-order valence-corrected chi connectivity index (χ0v) is 14.7. The first kappa shape index (κ1) is 15.7. The number of benzene rings is 1. The first-order valence-corrected chi connectivity index (χ1v) is 8.76. The van der Waals surface area contributed by atoms with Crippen molar-refractivity contribution in [3.63, 3.8) is 0 Å². The summed E-state index contributed by atoms with van der Waals surface area (Å²) in [5, 5.41) is 8.27. The molecule has 0 amide bonds. The Kier molecular flexibility index (Phi) is 3.49. The van der Waals surface area contributed by atoms with Gasteiger partial charge in [0.15, 0.2) is 5.65 Å². The molecule has 0 saturated heterocycles. The van der Waals surface area contributed by atoms with Crippen LogP contribution >= 0.6 is 0 Å². The van der Waals surface area contributed by atoms with Crippen LogP contribution in [0.4, 0.5) is 5.95 Å². The average Bonchev–Trinajstić information content (AvgIpc) is 3.34. The molecule has 3 aromatic heterocycles. The molecule has 0 aliphatic carbocycles. The van der Waals surface area contributed by atoms with Crippen molar-refractivity contribution >= 4 is 33.5 Å². The molecule has 0 bridgehead atoms. The molecule has 0 radical (unpaired) electrons. The minimum Gasteiger partial charge on any atom is -0.497 e. The molecule has 0 unspecified atom stereocenters. The normalized spacial score (nSPS) is 14.7. The number of aromatic amines is 3. The Morgan fingerprint density at radius 1 is 1.26 bits per heavy atom. The molecule has 0 saturated carbocycles. The SMILES string of the molecule is COc1ccc2[nH]cc(C3=CCN(c4nc5[nH]ncc5c(=O)[nH]4)CC3)c2c1. The van der Waals surface area contributed by atoms with Gasteiger partial charge in [-0.3, -0.25) is 14.9 Å². The van der Waals surface area contributed by atoms with Gasteiger partial charge in [0, 0.05) is 35.8 Å². The smallest absolute Gasteiger partial charge is 0.263 e. The first-order valence-electron chi connectivity index (χ1n) is 8.76. The topological polar surface area (TPSA) is 103 Å². The van der Waals surface area contributed by atoms with Gasteiger partial charge in [0.1, 0.15) is 11.1 Å². The van der Waals surface area contributed by atoms with E-state index in [0.717, 1.165) is 29.6 Å². The predicted octanol–water partition coefficient (Wildman–Crippen LogP) is 2.43. The highest BCUT2D eigenvalue weighted by Gasteiger charge is 2.18. The third-order valence-corrected chi connectivity index (χ3v) is 5.05. The first-order chi connectivity index (χ1) is 13.2. The Morgan fingerprint density at radius 3 is 3.00 bits per heavy atom. The van der Waals surface area contributed by atoms with Crippen molar-refractivity contribution in [3.8, 4) is 5.75 Å². The molecule has 0 fully saturated rings. The predicted molar refractivity (Wildman–Crippen MR) is 104 cm³/mol. The summed E-state index contributed by atoms with van der Waals surface area (Å²) in [4.78, 5) is 24.9. The second-order valence-electron chi connectivity index (χ2n) is 6.56. The van der Waals surface area contributed by atoms with E-state index in [0.29, 0.717) is 23.5 Å². The van der Waals surface area contributed by atoms with Crippen LogP contribution in [0.25, 0.3) is 27.5 Å². The molecule has 1 aromatic carbocycles. The summed E-state index contributed by atoms with van der Waals surface area (Å²) in [6.45, 7) is 1.44. The number of nitrogens with zero attached hydrogens (tertiary/aromatic N) is 3. The molecule has 1 aliphatic rings. The zero-order valence-electron chi connectivity index (χ0n) is 14.7. The van der Waals surface area contributed by atoms with Crippen LogP contribution in [0.1, 0.15) is 12.0 Å². The van der Waals surface area contributed by atoms with E-state index in [1.54, 1.807) is 7.11 Å². The number of ether oxygens (including phenoxy) is 1. The van der Waals surface area contributed by atoms with Crippen molar-refractivity contribution in [2.75, 3.05) is 25.1 Å². The average molecular weight is 362 g/mol. The van der Waals surface area contributed by atoms with E-state index in [2.05, 4.69) is 42.2 Å². The molecule has 0 atom stereocenters. The minimum absolute atomic E-state index is 0.178. The van der Waals surface area contributed by atoms with Gasteiger partial charge in [-0.05, 0) is 30.2 Å². The fraction of sp³-hybridized carbons (Fsp3) is 0.211. The van der Waals surface area contributed by atoms with E-state index >= 15 is 0 Å². The lowest BCUT2D eigenvalue weighted by Crippen LogP contribution is -2.31. The van der Waals surface area contributed by atoms with Gasteiger partial charge in [-0.2, -0.15) is 10.1 Å². The molecule has 4 heterocycles. The van der Waals surface area contributed by atoms with Crippen LogP contribution in [0.5, 0.6) is 5.75 Å². The zero-order chi connectivity index (χ0) is 18.4. The van der Waals surface area contributed by atoms with Gasteiger partial charge in [0.25, 0.3) is 5.56 Å². The number of aromatic nitrogens is 5. The van der Waals surface area contributed by atoms with E-state index in [-0.39, 0.29) is 5.56 Å². The van der Waals surface area contributed by atoms with E-state index in [4.69, 9.17) is 4.74 Å². The van der Waals surface area contributed by atoms with E-state index in [1.165, 1.54) is 17.3 Å². The van der Waals surface area contributed by atoms with Crippen LogP contribution < -0.4 is 15.2 Å². The highest BCUT2D eigenvalue weighted by Crippen LogP contribution is 2.32. The Hall–Kier alpha value is -3.55. The van der Waals surface area contributed by atoms with Gasteiger partial charge < -0.3 is 14.6 Å². The van der Waals surface area contributed by atoms with Gasteiger partial charge in [0.2, 0.25) is 5.95 Å². The molecule has 0 spiro atoms. The number of hydrogen-bond acceptors (Lipinski definition) is 5. The second-order valence-corrected chi connectivity index (χ2v) is 6.56. The molecule has 8 nitrogen and oxygen atoms in total. The number of nitrogens with one attached hydrogen (secondary N) is 3. The second kappa shape index (κ2) is 6.01. The molecule has 136 valence electrons. The maximum atomic E-state index is 12.1. The molecule has 1 aliphatic heterocycles. The van der Waals surface area contributed by atoms with Crippen LogP contribution in [0, 0.1) is 0 Å². The molecule has 3 N–H and O–H groups in total. The van der Waals surface area contributed by atoms with Crippen LogP contribution in [-0.4, -0.2) is 45.3 Å². The van der Waals surface area contributed by atoms with Gasteiger partial charge >= 0.3 is 0 Å². The standard InChI is InChI=1S/C19H18N6O2/c1-27-12-2-3-16-13(8-12)14(9-20-16)11-4-6-25(7-5-11)19-22-17-15(10-21-24-17)18(26)23-19/h2-4,8-10,20H,5-7H2,1H3,(H2,21,22,23,24,26). The van der Waals surface area contributed by atoms with Crippen LogP contribution in [0.2, 0.25) is 0 Å². The van der Waals surface area contributed by atoms with Gasteiger partial charge in [-0.15, -0.1) is 0 Å². The Bertz CT molecular complexity index is 1230. The van der Waals surface area contributed by atoms with Crippen molar-refractivity contribution in [3.05, 3.63) is 52.6 Å². The summed E-state index contributed by atoms with van der Waals surface area (Å²) in [6, 6.07) is 6.04. The number of rotatable bonds is 3. The quantitative estimate of drug-likeness (QED) is 0.519. The lowest BCUT2D eigenvalue weighted by molar-refractivity contribution is 0.415. The Balaban J connectivity index is 1.46. The van der Waals surface area contributed by atoms with Crippen LogP contribution in [0.15, 0.2) is 41.5 Å². The molecule has 4 aromatic rings. The highest BCUT2D eigenvalue weighted by atomic mass is 16.5. The van der Waals surface area contributed by atoms with Gasteiger partial charge in [-0.25, -0.2) is 0 Å². The highest BCUT2D eigenvalue weighted by molar-refractivity contribution is 5.94. The molecule has 27 heavy (non-hydrogen) atoms. The third-order valence-electron chi connectivity index (χ3n) is 5.05. The van der Waals surface area contributed by atoms with E-state index in [9.17, 15) is 4.79 Å². The summed E-state index contributed by atoms with van der Waals surface area (Å²) in [5.74, 6) is 1.41. The van der Waals surface area contributed by atoms with Crippen molar-refractivity contribution in [1.29, 1.82) is 0 Å². The van der Waals surface area contributed by atoms with Crippen LogP contribution in [-0.2, 0) is 0 Å². The number of anilines is 1.